The number of hydrogen-bond acceptors (Lipinski definition) is 19. The molecule has 20 heteroatoms. The average Bonchev–Trinajstić information content (AvgIpc) is 3.23. The van der Waals surface area contributed by atoms with Gasteiger partial charge in [0.1, 0.15) is 44.9 Å². The zero-order valence-electron chi connectivity index (χ0n) is 33.2. The molecule has 0 spiro atoms. The van der Waals surface area contributed by atoms with Crippen LogP contribution in [0.1, 0.15) is 37.4 Å². The number of methoxy groups -OCH3 is 4. The van der Waals surface area contributed by atoms with Gasteiger partial charge >= 0.3 is 11.9 Å². The molecule has 0 aliphatic rings. The maximum atomic E-state index is 13.1. The van der Waals surface area contributed by atoms with E-state index in [1.165, 1.54) is 40.6 Å². The molecule has 0 aromatic heterocycles. The van der Waals surface area contributed by atoms with Crippen LogP contribution in [0.4, 0.5) is 0 Å². The summed E-state index contributed by atoms with van der Waals surface area (Å²) < 4.78 is 88.7. The van der Waals surface area contributed by atoms with Crippen LogP contribution in [0, 0.1) is 0 Å². The molecule has 58 heavy (non-hydrogen) atoms. The topological polar surface area (TPSA) is 191 Å². The molecule has 0 N–H and O–H groups in total. The van der Waals surface area contributed by atoms with Crippen LogP contribution < -0.4 is 9.47 Å². The summed E-state index contributed by atoms with van der Waals surface area (Å²) >= 11 is 3.38. The molecule has 19 nitrogen and oxygen atoms in total. The number of rotatable bonds is 36. The van der Waals surface area contributed by atoms with Crippen molar-refractivity contribution in [2.24, 2.45) is 0 Å². The van der Waals surface area contributed by atoms with Crippen LogP contribution in [-0.2, 0) is 71.1 Å². The third-order valence-corrected chi connectivity index (χ3v) is 7.49. The lowest BCUT2D eigenvalue weighted by Gasteiger charge is -2.14. The van der Waals surface area contributed by atoms with Gasteiger partial charge in [0.15, 0.2) is 54.3 Å². The van der Waals surface area contributed by atoms with Crippen molar-refractivity contribution in [3.05, 3.63) is 63.1 Å². The highest BCUT2D eigenvalue weighted by atomic mass is 79.9. The van der Waals surface area contributed by atoms with Gasteiger partial charge in [-0.15, -0.1) is 0 Å². The van der Waals surface area contributed by atoms with Crippen molar-refractivity contribution in [2.45, 2.75) is 0 Å². The summed E-state index contributed by atoms with van der Waals surface area (Å²) in [4.78, 5) is 26.0. The fourth-order valence-corrected chi connectivity index (χ4v) is 4.71. The van der Waals surface area contributed by atoms with E-state index in [-0.39, 0.29) is 119 Å². The Morgan fingerprint density at radius 1 is 0.500 bits per heavy atom. The van der Waals surface area contributed by atoms with E-state index in [1.807, 2.05) is 0 Å². The Labute approximate surface area is 346 Å². The minimum absolute atomic E-state index is 0.00324. The number of carbonyl (C=O) groups is 2. The van der Waals surface area contributed by atoms with E-state index >= 15 is 0 Å². The van der Waals surface area contributed by atoms with Crippen LogP contribution >= 0.6 is 15.9 Å². The Hall–Kier alpha value is -3.58. The van der Waals surface area contributed by atoms with Crippen LogP contribution in [0.2, 0.25) is 0 Å². The Bertz CT molecular complexity index is 1470. The maximum Gasteiger partial charge on any atom is 0.339 e. The molecule has 0 unspecified atom stereocenters. The molecule has 0 heterocycles. The van der Waals surface area contributed by atoms with E-state index in [2.05, 4.69) is 22.5 Å². The summed E-state index contributed by atoms with van der Waals surface area (Å²) in [5, 5.41) is 0. The lowest BCUT2D eigenvalue weighted by atomic mass is 10.0. The lowest BCUT2D eigenvalue weighted by Crippen LogP contribution is -2.14. The monoisotopic (exact) mass is 892 g/mol. The summed E-state index contributed by atoms with van der Waals surface area (Å²) in [6, 6.07) is 6.55. The Kier molecular flexibility index (Phi) is 29.0. The molecule has 0 atom stereocenters. The van der Waals surface area contributed by atoms with Gasteiger partial charge in [-0.3, -0.25) is 0 Å². The number of halogens is 1. The van der Waals surface area contributed by atoms with Crippen molar-refractivity contribution in [3.63, 3.8) is 0 Å². The van der Waals surface area contributed by atoms with Gasteiger partial charge in [-0.2, -0.15) is 0 Å². The zero-order chi connectivity index (χ0) is 42.1. The van der Waals surface area contributed by atoms with Gasteiger partial charge in [0.2, 0.25) is 0 Å². The first-order chi connectivity index (χ1) is 28.4. The first-order valence-electron chi connectivity index (χ1n) is 17.5. The SMILES string of the molecule is C=Cc1cc(OCCOCOCOCOCOCOCOCOCOCOCOC)c(/C=C/c2cc(C(=O)OCCOC)c(Br)cc2C(=O)OCCOC)cc1OC. The predicted molar refractivity (Wildman–Crippen MR) is 207 cm³/mol. The summed E-state index contributed by atoms with van der Waals surface area (Å²) in [5.41, 5.74) is 2.06. The van der Waals surface area contributed by atoms with Crippen molar-refractivity contribution in [1.82, 2.24) is 0 Å². The number of hydrogen-bond donors (Lipinski definition) is 0. The molecule has 0 saturated carbocycles. The van der Waals surface area contributed by atoms with Gasteiger partial charge in [-0.25, -0.2) is 9.59 Å². The smallest absolute Gasteiger partial charge is 0.339 e. The second kappa shape index (κ2) is 33.3. The molecule has 2 aromatic rings. The predicted octanol–water partition coefficient (Wildman–Crippen LogP) is 4.64. The van der Waals surface area contributed by atoms with Crippen molar-refractivity contribution in [1.29, 1.82) is 0 Å². The van der Waals surface area contributed by atoms with Crippen molar-refractivity contribution < 1.29 is 90.1 Å². The third-order valence-electron chi connectivity index (χ3n) is 6.83. The molecule has 0 fully saturated rings. The lowest BCUT2D eigenvalue weighted by molar-refractivity contribution is -0.231. The van der Waals surface area contributed by atoms with Gasteiger partial charge in [-0.05, 0) is 45.8 Å². The highest BCUT2D eigenvalue weighted by Crippen LogP contribution is 2.32. The van der Waals surface area contributed by atoms with Gasteiger partial charge in [0, 0.05) is 36.9 Å². The standard InChI is InChI=1S/C38H53BrO19/c1-6-29-16-36(56-14-11-46-20-48-22-50-24-52-26-54-28-55-27-53-25-51-23-49-21-47-19-44-4)31(17-35(29)45-5)8-7-30-15-33(38(41)58-13-10-43-3)34(39)18-32(30)37(40)57-12-9-42-2/h6-8,15-18H,1,9-14,19-28H2,2-5H3/b8-7+. The van der Waals surface area contributed by atoms with E-state index in [1.54, 1.807) is 30.4 Å². The van der Waals surface area contributed by atoms with Crippen LogP contribution in [0.15, 0.2) is 35.3 Å². The Morgan fingerprint density at radius 3 is 1.45 bits per heavy atom. The summed E-state index contributed by atoms with van der Waals surface area (Å²) in [5.74, 6) is -0.210. The zero-order valence-corrected chi connectivity index (χ0v) is 34.8. The molecule has 2 aromatic carbocycles. The van der Waals surface area contributed by atoms with E-state index in [9.17, 15) is 9.59 Å². The highest BCUT2D eigenvalue weighted by molar-refractivity contribution is 9.10. The number of benzene rings is 2. The van der Waals surface area contributed by atoms with Crippen LogP contribution in [0.3, 0.4) is 0 Å². The molecule has 0 aliphatic carbocycles. The fourth-order valence-electron chi connectivity index (χ4n) is 4.20. The average molecular weight is 894 g/mol. The molecule has 2 rings (SSSR count). The normalized spacial score (nSPS) is 11.3. The van der Waals surface area contributed by atoms with Crippen LogP contribution in [0.25, 0.3) is 18.2 Å². The van der Waals surface area contributed by atoms with Crippen LogP contribution in [0.5, 0.6) is 11.5 Å². The summed E-state index contributed by atoms with van der Waals surface area (Å²) in [7, 11) is 6.04. The van der Waals surface area contributed by atoms with E-state index in [0.29, 0.717) is 32.7 Å². The van der Waals surface area contributed by atoms with Crippen molar-refractivity contribution in [3.8, 4) is 11.5 Å². The van der Waals surface area contributed by atoms with Gasteiger partial charge in [0.25, 0.3) is 0 Å². The maximum absolute atomic E-state index is 13.1. The Morgan fingerprint density at radius 2 is 0.966 bits per heavy atom. The molecule has 0 amide bonds. The largest absolute Gasteiger partial charge is 0.496 e. The van der Waals surface area contributed by atoms with Gasteiger partial charge in [0.05, 0.1) is 38.1 Å². The van der Waals surface area contributed by atoms with Gasteiger partial charge < -0.3 is 80.5 Å². The Balaban J connectivity index is 1.83. The van der Waals surface area contributed by atoms with Crippen LogP contribution in [-0.4, -0.2) is 148 Å². The molecular formula is C38H53BrO19. The van der Waals surface area contributed by atoms with E-state index in [4.69, 9.17) is 80.5 Å². The molecule has 0 aliphatic heterocycles. The van der Waals surface area contributed by atoms with E-state index < -0.39 is 11.9 Å². The minimum atomic E-state index is -0.612. The summed E-state index contributed by atoms with van der Waals surface area (Å²) in [6.45, 7) is 4.42. The number of carbonyl (C=O) groups excluding carboxylic acids is 2. The summed E-state index contributed by atoms with van der Waals surface area (Å²) in [6.07, 6.45) is 5.00. The quantitative estimate of drug-likeness (QED) is 0.0397. The third kappa shape index (κ3) is 21.4. The molecule has 0 radical (unpaired) electrons. The first-order valence-corrected chi connectivity index (χ1v) is 18.3. The fraction of sp³-hybridized carbons (Fsp3) is 0.526. The second-order valence-corrected chi connectivity index (χ2v) is 11.8. The minimum Gasteiger partial charge on any atom is -0.496 e. The van der Waals surface area contributed by atoms with Crippen molar-refractivity contribution >= 4 is 46.1 Å². The van der Waals surface area contributed by atoms with Crippen molar-refractivity contribution in [2.75, 3.05) is 136 Å². The highest BCUT2D eigenvalue weighted by Gasteiger charge is 2.20. The molecule has 0 bridgehead atoms. The molecule has 0 saturated heterocycles. The van der Waals surface area contributed by atoms with Gasteiger partial charge in [-0.1, -0.05) is 24.8 Å². The second-order valence-electron chi connectivity index (χ2n) is 10.9. The number of ether oxygens (including phenoxy) is 17. The number of esters is 2. The first kappa shape index (κ1) is 50.6. The molecule has 326 valence electrons. The molecular weight excluding hydrogens is 840 g/mol. The van der Waals surface area contributed by atoms with E-state index in [0.717, 1.165) is 0 Å².